The lowest BCUT2D eigenvalue weighted by atomic mass is 10.0. The molecule has 0 aromatic rings. The van der Waals surface area contributed by atoms with Crippen LogP contribution in [0.3, 0.4) is 0 Å². The number of carbonyl (C=O) groups is 2. The van der Waals surface area contributed by atoms with E-state index in [1.54, 1.807) is 23.9 Å². The Labute approximate surface area is 114 Å². The van der Waals surface area contributed by atoms with E-state index < -0.39 is 0 Å². The molecule has 0 bridgehead atoms. The van der Waals surface area contributed by atoms with Crippen molar-refractivity contribution in [2.45, 2.75) is 25.3 Å². The molecule has 2 heterocycles. The fraction of sp³-hybridized carbons (Fsp3) is 0.846. The highest BCUT2D eigenvalue weighted by Gasteiger charge is 2.29. The van der Waals surface area contributed by atoms with Crippen molar-refractivity contribution in [1.82, 2.24) is 20.0 Å². The molecule has 0 radical (unpaired) electrons. The van der Waals surface area contributed by atoms with E-state index in [2.05, 4.69) is 5.32 Å². The van der Waals surface area contributed by atoms with Crippen LogP contribution >= 0.6 is 0 Å². The average Bonchev–Trinajstić information content (AvgIpc) is 2.46. The molecule has 3 amide bonds. The van der Waals surface area contributed by atoms with Crippen molar-refractivity contribution in [1.29, 1.82) is 0 Å². The second-order valence-corrected chi connectivity index (χ2v) is 5.49. The van der Waals surface area contributed by atoms with E-state index >= 15 is 0 Å². The largest absolute Gasteiger partial charge is 0.338 e. The molecular formula is C13H24N4O2. The van der Waals surface area contributed by atoms with Crippen LogP contribution in [-0.4, -0.2) is 79.5 Å². The van der Waals surface area contributed by atoms with Crippen LogP contribution < -0.4 is 5.32 Å². The molecule has 0 aromatic heterocycles. The van der Waals surface area contributed by atoms with Gasteiger partial charge in [0.25, 0.3) is 0 Å². The summed E-state index contributed by atoms with van der Waals surface area (Å²) in [6.45, 7) is 3.51. The fourth-order valence-electron chi connectivity index (χ4n) is 2.68. The number of piperidine rings is 1. The first-order valence-corrected chi connectivity index (χ1v) is 7.08. The first-order chi connectivity index (χ1) is 9.09. The Morgan fingerprint density at radius 1 is 1.05 bits per heavy atom. The summed E-state index contributed by atoms with van der Waals surface area (Å²) < 4.78 is 0. The maximum atomic E-state index is 12.3. The van der Waals surface area contributed by atoms with Gasteiger partial charge in [-0.05, 0) is 19.4 Å². The van der Waals surface area contributed by atoms with Gasteiger partial charge in [0, 0.05) is 40.3 Å². The summed E-state index contributed by atoms with van der Waals surface area (Å²) in [5.74, 6) is 0.205. The highest BCUT2D eigenvalue weighted by atomic mass is 16.2. The number of urea groups is 1. The zero-order chi connectivity index (χ0) is 13.8. The fourth-order valence-corrected chi connectivity index (χ4v) is 2.68. The number of rotatable bonds is 1. The molecule has 0 spiro atoms. The predicted molar refractivity (Wildman–Crippen MR) is 72.9 cm³/mol. The number of hydrogen-bond donors (Lipinski definition) is 1. The van der Waals surface area contributed by atoms with Crippen LogP contribution in [0.2, 0.25) is 0 Å². The molecule has 2 fully saturated rings. The van der Waals surface area contributed by atoms with Gasteiger partial charge in [-0.25, -0.2) is 4.79 Å². The number of nitrogens with zero attached hydrogens (tertiary/aromatic N) is 3. The number of carbonyl (C=O) groups excluding carboxylic acids is 2. The zero-order valence-electron chi connectivity index (χ0n) is 11.9. The SMILES string of the molecule is CN(C)C(=O)N1CCN(C(=O)[C@H]2CCCCN2)CC1. The molecule has 0 unspecified atom stereocenters. The summed E-state index contributed by atoms with van der Waals surface area (Å²) in [6, 6.07) is 0.0211. The van der Waals surface area contributed by atoms with Gasteiger partial charge in [0.1, 0.15) is 0 Å². The Bertz CT molecular complexity index is 332. The quantitative estimate of drug-likeness (QED) is 0.726. The maximum Gasteiger partial charge on any atom is 0.319 e. The topological polar surface area (TPSA) is 55.9 Å². The molecule has 0 aliphatic carbocycles. The highest BCUT2D eigenvalue weighted by Crippen LogP contribution is 2.12. The van der Waals surface area contributed by atoms with Gasteiger partial charge in [-0.2, -0.15) is 0 Å². The molecule has 6 nitrogen and oxygen atoms in total. The summed E-state index contributed by atoms with van der Waals surface area (Å²) in [6.07, 6.45) is 3.23. The van der Waals surface area contributed by atoms with Crippen molar-refractivity contribution in [3.05, 3.63) is 0 Å². The smallest absolute Gasteiger partial charge is 0.319 e. The van der Waals surface area contributed by atoms with Crippen LogP contribution in [0.5, 0.6) is 0 Å². The molecule has 6 heteroatoms. The van der Waals surface area contributed by atoms with Crippen LogP contribution in [0, 0.1) is 0 Å². The van der Waals surface area contributed by atoms with Gasteiger partial charge in [-0.1, -0.05) is 6.42 Å². The van der Waals surface area contributed by atoms with Crippen LogP contribution in [0.4, 0.5) is 4.79 Å². The normalized spacial score (nSPS) is 24.2. The molecule has 2 aliphatic heterocycles. The van der Waals surface area contributed by atoms with Crippen LogP contribution in [0.1, 0.15) is 19.3 Å². The lowest BCUT2D eigenvalue weighted by Gasteiger charge is -2.38. The Kier molecular flexibility index (Phi) is 4.63. The van der Waals surface area contributed by atoms with E-state index in [1.807, 2.05) is 4.90 Å². The van der Waals surface area contributed by atoms with E-state index in [1.165, 1.54) is 0 Å². The second kappa shape index (κ2) is 6.23. The molecule has 1 atom stereocenters. The molecule has 108 valence electrons. The lowest BCUT2D eigenvalue weighted by molar-refractivity contribution is -0.135. The van der Waals surface area contributed by atoms with Crippen LogP contribution in [-0.2, 0) is 4.79 Å². The van der Waals surface area contributed by atoms with Gasteiger partial charge in [-0.3, -0.25) is 4.79 Å². The van der Waals surface area contributed by atoms with Crippen molar-refractivity contribution < 1.29 is 9.59 Å². The molecule has 2 rings (SSSR count). The van der Waals surface area contributed by atoms with Gasteiger partial charge in [-0.15, -0.1) is 0 Å². The van der Waals surface area contributed by atoms with E-state index in [0.29, 0.717) is 26.2 Å². The third-order valence-electron chi connectivity index (χ3n) is 3.85. The summed E-state index contributed by atoms with van der Waals surface area (Å²) >= 11 is 0. The molecule has 2 saturated heterocycles. The van der Waals surface area contributed by atoms with Crippen molar-refractivity contribution >= 4 is 11.9 Å². The maximum absolute atomic E-state index is 12.3. The third kappa shape index (κ3) is 3.37. The third-order valence-corrected chi connectivity index (χ3v) is 3.85. The number of piperazine rings is 1. The first-order valence-electron chi connectivity index (χ1n) is 7.08. The molecule has 1 N–H and O–H groups in total. The van der Waals surface area contributed by atoms with Crippen LogP contribution in [0.25, 0.3) is 0 Å². The first kappa shape index (κ1) is 14.1. The van der Waals surface area contributed by atoms with Crippen molar-refractivity contribution in [2.75, 3.05) is 46.8 Å². The number of nitrogens with one attached hydrogen (secondary N) is 1. The van der Waals surface area contributed by atoms with E-state index in [9.17, 15) is 9.59 Å². The van der Waals surface area contributed by atoms with Crippen molar-refractivity contribution in [3.8, 4) is 0 Å². The highest BCUT2D eigenvalue weighted by molar-refractivity contribution is 5.82. The summed E-state index contributed by atoms with van der Waals surface area (Å²) in [7, 11) is 3.51. The average molecular weight is 268 g/mol. The van der Waals surface area contributed by atoms with E-state index in [0.717, 1.165) is 25.8 Å². The van der Waals surface area contributed by atoms with Crippen molar-refractivity contribution in [3.63, 3.8) is 0 Å². The number of hydrogen-bond acceptors (Lipinski definition) is 3. The van der Waals surface area contributed by atoms with E-state index in [-0.39, 0.29) is 18.0 Å². The van der Waals surface area contributed by atoms with E-state index in [4.69, 9.17) is 0 Å². The van der Waals surface area contributed by atoms with Gasteiger partial charge in [0.2, 0.25) is 5.91 Å². The predicted octanol–water partition coefficient (Wildman–Crippen LogP) is -0.0457. The summed E-state index contributed by atoms with van der Waals surface area (Å²) in [5, 5.41) is 3.29. The minimum absolute atomic E-state index is 0.00940. The zero-order valence-corrected chi connectivity index (χ0v) is 11.9. The summed E-state index contributed by atoms with van der Waals surface area (Å²) in [4.78, 5) is 29.4. The molecule has 19 heavy (non-hydrogen) atoms. The molecule has 0 aromatic carbocycles. The van der Waals surface area contributed by atoms with Gasteiger partial charge < -0.3 is 20.0 Å². The monoisotopic (exact) mass is 268 g/mol. The molecule has 2 aliphatic rings. The minimum Gasteiger partial charge on any atom is -0.338 e. The van der Waals surface area contributed by atoms with Gasteiger partial charge in [0.05, 0.1) is 6.04 Å². The Balaban J connectivity index is 1.82. The van der Waals surface area contributed by atoms with Crippen molar-refractivity contribution in [2.24, 2.45) is 0 Å². The molecular weight excluding hydrogens is 244 g/mol. The Morgan fingerprint density at radius 3 is 2.21 bits per heavy atom. The molecule has 0 saturated carbocycles. The lowest BCUT2D eigenvalue weighted by Crippen LogP contribution is -2.57. The standard InChI is InChI=1S/C13H24N4O2/c1-15(2)13(19)17-9-7-16(8-10-17)12(18)11-5-3-4-6-14-11/h11,14H,3-10H2,1-2H3/t11-/m1/s1. The number of amides is 3. The second-order valence-electron chi connectivity index (χ2n) is 5.49. The summed E-state index contributed by atoms with van der Waals surface area (Å²) in [5.41, 5.74) is 0. The Morgan fingerprint density at radius 2 is 1.68 bits per heavy atom. The van der Waals surface area contributed by atoms with Gasteiger partial charge in [0.15, 0.2) is 0 Å². The van der Waals surface area contributed by atoms with Crippen LogP contribution in [0.15, 0.2) is 0 Å². The van der Waals surface area contributed by atoms with Gasteiger partial charge >= 0.3 is 6.03 Å². The Hall–Kier alpha value is -1.30. The minimum atomic E-state index is -0.00940.